The van der Waals surface area contributed by atoms with Gasteiger partial charge in [0.15, 0.2) is 0 Å². The summed E-state index contributed by atoms with van der Waals surface area (Å²) in [5.41, 5.74) is 0.115. The first-order valence-electron chi connectivity index (χ1n) is 4.32. The van der Waals surface area contributed by atoms with Crippen LogP contribution in [0, 0.1) is 5.41 Å². The molecule has 0 spiro atoms. The van der Waals surface area contributed by atoms with Gasteiger partial charge in [0, 0.05) is 12.5 Å². The lowest BCUT2D eigenvalue weighted by molar-refractivity contribution is 0.0216. The van der Waals surface area contributed by atoms with E-state index < -0.39 is 8.60 Å². The molecule has 0 aromatic carbocycles. The molecule has 1 heterocycles. The average Bonchev–Trinajstić information content (AvgIpc) is 2.08. The van der Waals surface area contributed by atoms with E-state index in [-0.39, 0.29) is 5.41 Å². The van der Waals surface area contributed by atoms with Crippen LogP contribution in [0.1, 0.15) is 13.8 Å². The van der Waals surface area contributed by atoms with E-state index in [1.165, 1.54) is 0 Å². The minimum absolute atomic E-state index is 0.115. The molecule has 0 aromatic heterocycles. The van der Waals surface area contributed by atoms with Crippen molar-refractivity contribution in [2.24, 2.45) is 5.41 Å². The van der Waals surface area contributed by atoms with Gasteiger partial charge >= 0.3 is 8.60 Å². The van der Waals surface area contributed by atoms with Crippen molar-refractivity contribution in [3.05, 3.63) is 0 Å². The third-order valence-corrected chi connectivity index (χ3v) is 2.68. The van der Waals surface area contributed by atoms with Gasteiger partial charge < -0.3 is 18.3 Å². The van der Waals surface area contributed by atoms with E-state index in [0.717, 1.165) is 0 Å². The second-order valence-electron chi connectivity index (χ2n) is 3.76. The molecule has 1 fully saturated rings. The molecule has 13 heavy (non-hydrogen) atoms. The smallest absolute Gasteiger partial charge is 0.332 e. The van der Waals surface area contributed by atoms with Crippen molar-refractivity contribution < 1.29 is 18.3 Å². The molecule has 0 radical (unpaired) electrons. The summed E-state index contributed by atoms with van der Waals surface area (Å²) in [5, 5.41) is 0. The molecule has 0 aromatic rings. The second-order valence-corrected chi connectivity index (χ2v) is 4.98. The van der Waals surface area contributed by atoms with E-state index in [9.17, 15) is 0 Å². The molecule has 0 amide bonds. The van der Waals surface area contributed by atoms with Gasteiger partial charge in [-0.05, 0) is 0 Å². The van der Waals surface area contributed by atoms with Gasteiger partial charge in [0.05, 0.1) is 26.4 Å². The summed E-state index contributed by atoms with van der Waals surface area (Å²) in [4.78, 5) is 0. The lowest BCUT2D eigenvalue weighted by atomic mass is 9.97. The van der Waals surface area contributed by atoms with Crippen LogP contribution < -0.4 is 0 Å². The fourth-order valence-electron chi connectivity index (χ4n) is 0.804. The fourth-order valence-corrected chi connectivity index (χ4v) is 2.16. The topological polar surface area (TPSA) is 36.9 Å². The molecule has 1 aliphatic rings. The Morgan fingerprint density at radius 1 is 1.23 bits per heavy atom. The van der Waals surface area contributed by atoms with Gasteiger partial charge in [-0.25, -0.2) is 0 Å². The van der Waals surface area contributed by atoms with Gasteiger partial charge in [0.1, 0.15) is 0 Å². The van der Waals surface area contributed by atoms with Crippen LogP contribution >= 0.6 is 8.60 Å². The Morgan fingerprint density at radius 2 is 1.85 bits per heavy atom. The standard InChI is InChI=1S/C8H17O4P/c1-8(2)6-11-13(12-7-8)10-5-4-9-3/h4-7H2,1-3H3. The van der Waals surface area contributed by atoms with Crippen molar-refractivity contribution in [2.75, 3.05) is 33.5 Å². The van der Waals surface area contributed by atoms with Crippen LogP contribution in [-0.4, -0.2) is 33.5 Å². The Hall–Kier alpha value is 0.270. The van der Waals surface area contributed by atoms with E-state index in [0.29, 0.717) is 26.4 Å². The molecule has 5 heteroatoms. The molecule has 0 aliphatic carbocycles. The lowest BCUT2D eigenvalue weighted by Gasteiger charge is -2.32. The molecule has 0 N–H and O–H groups in total. The summed E-state index contributed by atoms with van der Waals surface area (Å²) >= 11 is 0. The first-order valence-corrected chi connectivity index (χ1v) is 5.41. The Balaban J connectivity index is 2.11. The third-order valence-electron chi connectivity index (χ3n) is 1.61. The zero-order chi connectivity index (χ0) is 9.73. The first-order chi connectivity index (χ1) is 6.14. The van der Waals surface area contributed by atoms with Crippen molar-refractivity contribution in [3.63, 3.8) is 0 Å². The zero-order valence-corrected chi connectivity index (χ0v) is 9.30. The summed E-state index contributed by atoms with van der Waals surface area (Å²) in [6, 6.07) is 0. The van der Waals surface area contributed by atoms with Crippen LogP contribution in [0.25, 0.3) is 0 Å². The fraction of sp³-hybridized carbons (Fsp3) is 1.00. The maximum Gasteiger partial charge on any atom is 0.332 e. The normalized spacial score (nSPS) is 23.3. The molecule has 1 saturated heterocycles. The van der Waals surface area contributed by atoms with Gasteiger partial charge in [0.2, 0.25) is 0 Å². The van der Waals surface area contributed by atoms with Gasteiger partial charge in [-0.1, -0.05) is 13.8 Å². The van der Waals surface area contributed by atoms with Crippen LogP contribution in [0.15, 0.2) is 0 Å². The number of methoxy groups -OCH3 is 1. The van der Waals surface area contributed by atoms with Crippen LogP contribution in [0.4, 0.5) is 0 Å². The highest BCUT2D eigenvalue weighted by Gasteiger charge is 2.29. The van der Waals surface area contributed by atoms with Crippen molar-refractivity contribution in [3.8, 4) is 0 Å². The highest BCUT2D eigenvalue weighted by molar-refractivity contribution is 7.41. The summed E-state index contributed by atoms with van der Waals surface area (Å²) in [5.74, 6) is 0. The summed E-state index contributed by atoms with van der Waals surface area (Å²) in [7, 11) is 0.519. The highest BCUT2D eigenvalue weighted by Crippen LogP contribution is 2.46. The van der Waals surface area contributed by atoms with Crippen molar-refractivity contribution in [1.29, 1.82) is 0 Å². The van der Waals surface area contributed by atoms with Crippen molar-refractivity contribution >= 4 is 8.60 Å². The molecule has 0 saturated carbocycles. The molecule has 4 nitrogen and oxygen atoms in total. The minimum atomic E-state index is -1.12. The molecular formula is C8H17O4P. The Bertz CT molecular complexity index is 141. The lowest BCUT2D eigenvalue weighted by Crippen LogP contribution is -2.28. The predicted molar refractivity (Wildman–Crippen MR) is 50.4 cm³/mol. The Morgan fingerprint density at radius 3 is 2.38 bits per heavy atom. The Labute approximate surface area is 80.5 Å². The molecule has 78 valence electrons. The molecular weight excluding hydrogens is 191 g/mol. The minimum Gasteiger partial charge on any atom is -0.382 e. The van der Waals surface area contributed by atoms with Crippen LogP contribution in [0.5, 0.6) is 0 Å². The van der Waals surface area contributed by atoms with Gasteiger partial charge in [-0.15, -0.1) is 0 Å². The largest absolute Gasteiger partial charge is 0.382 e. The van der Waals surface area contributed by atoms with Crippen LogP contribution in [0.2, 0.25) is 0 Å². The monoisotopic (exact) mass is 208 g/mol. The third kappa shape index (κ3) is 4.34. The molecule has 1 rings (SSSR count). The van der Waals surface area contributed by atoms with Crippen molar-refractivity contribution in [1.82, 2.24) is 0 Å². The quantitative estimate of drug-likeness (QED) is 0.522. The van der Waals surface area contributed by atoms with Crippen LogP contribution in [0.3, 0.4) is 0 Å². The van der Waals surface area contributed by atoms with E-state index in [4.69, 9.17) is 18.3 Å². The zero-order valence-electron chi connectivity index (χ0n) is 8.41. The number of hydrogen-bond acceptors (Lipinski definition) is 4. The second kappa shape index (κ2) is 5.23. The van der Waals surface area contributed by atoms with E-state index in [1.54, 1.807) is 7.11 Å². The number of rotatable bonds is 4. The number of hydrogen-bond donors (Lipinski definition) is 0. The average molecular weight is 208 g/mol. The maximum atomic E-state index is 5.40. The van der Waals surface area contributed by atoms with E-state index in [2.05, 4.69) is 13.8 Å². The SMILES string of the molecule is COCCOP1OCC(C)(C)CO1. The molecule has 0 bridgehead atoms. The Kier molecular flexibility index (Phi) is 4.56. The van der Waals surface area contributed by atoms with Crippen LogP contribution in [-0.2, 0) is 18.3 Å². The maximum absolute atomic E-state index is 5.40. The summed E-state index contributed by atoms with van der Waals surface area (Å²) in [6.45, 7) is 6.72. The van der Waals surface area contributed by atoms with Crippen molar-refractivity contribution in [2.45, 2.75) is 13.8 Å². The van der Waals surface area contributed by atoms with Gasteiger partial charge in [-0.2, -0.15) is 0 Å². The molecule has 0 atom stereocenters. The summed E-state index contributed by atoms with van der Waals surface area (Å²) < 4.78 is 21.0. The first kappa shape index (κ1) is 11.3. The van der Waals surface area contributed by atoms with Gasteiger partial charge in [-0.3, -0.25) is 0 Å². The van der Waals surface area contributed by atoms with E-state index >= 15 is 0 Å². The highest BCUT2D eigenvalue weighted by atomic mass is 31.2. The van der Waals surface area contributed by atoms with Gasteiger partial charge in [0.25, 0.3) is 0 Å². The molecule has 1 aliphatic heterocycles. The predicted octanol–water partition coefficient (Wildman–Crippen LogP) is 1.95. The van der Waals surface area contributed by atoms with E-state index in [1.807, 2.05) is 0 Å². The summed E-state index contributed by atoms with van der Waals surface area (Å²) in [6.07, 6.45) is 0. The number of ether oxygens (including phenoxy) is 1. The molecule has 0 unspecified atom stereocenters.